The molecule has 5 rings (SSSR count). The molecule has 0 spiro atoms. The molecule has 0 N–H and O–H groups in total. The topological polar surface area (TPSA) is 0 Å². The molecule has 0 amide bonds. The van der Waals surface area contributed by atoms with Crippen LogP contribution in [-0.4, -0.2) is 0 Å². The van der Waals surface area contributed by atoms with Gasteiger partial charge in [-0.1, -0.05) is 105 Å². The molecule has 0 radical (unpaired) electrons. The van der Waals surface area contributed by atoms with E-state index in [9.17, 15) is 0 Å². The van der Waals surface area contributed by atoms with Crippen LogP contribution in [0.15, 0.2) is 78.4 Å². The first-order chi connectivity index (χ1) is 14.3. The van der Waals surface area contributed by atoms with E-state index in [-0.39, 0.29) is 0 Å². The first-order valence-corrected chi connectivity index (χ1v) is 11.1. The van der Waals surface area contributed by atoms with Crippen molar-refractivity contribution in [1.29, 1.82) is 0 Å². The molecular weight excluding hydrogens is 348 g/mol. The standard InChI is InChI=1S/C29H28/c1-2-3-4-5-11-21-18-22-13-10-17-27(28(22)19-21)29-20-23-12-6-7-14-24(23)25-15-8-9-16-26(25)29/h6-10,12-17,19-20H,2-5,11,18H2,1H3. The van der Waals surface area contributed by atoms with Crippen molar-refractivity contribution < 1.29 is 0 Å². The van der Waals surface area contributed by atoms with Crippen LogP contribution >= 0.6 is 0 Å². The van der Waals surface area contributed by atoms with E-state index in [1.54, 1.807) is 5.57 Å². The van der Waals surface area contributed by atoms with Crippen LogP contribution in [0.2, 0.25) is 0 Å². The molecule has 0 unspecified atom stereocenters. The number of hydrogen-bond acceptors (Lipinski definition) is 0. The fraction of sp³-hybridized carbons (Fsp3) is 0.241. The fourth-order valence-electron chi connectivity index (χ4n) is 4.89. The number of benzene rings is 4. The number of allylic oxidation sites excluding steroid dienone is 1. The highest BCUT2D eigenvalue weighted by Gasteiger charge is 2.18. The molecule has 4 aromatic carbocycles. The smallest absolute Gasteiger partial charge is 0.00576 e. The van der Waals surface area contributed by atoms with Crippen LogP contribution in [0.5, 0.6) is 0 Å². The van der Waals surface area contributed by atoms with Gasteiger partial charge >= 0.3 is 0 Å². The molecule has 0 bridgehead atoms. The second kappa shape index (κ2) is 7.87. The molecular formula is C29H28. The summed E-state index contributed by atoms with van der Waals surface area (Å²) in [4.78, 5) is 0. The normalized spacial score (nSPS) is 13.1. The van der Waals surface area contributed by atoms with Crippen LogP contribution in [0.25, 0.3) is 38.7 Å². The molecule has 0 aliphatic heterocycles. The number of hydrogen-bond donors (Lipinski definition) is 0. The van der Waals surface area contributed by atoms with E-state index in [1.807, 2.05) is 0 Å². The molecule has 0 heterocycles. The molecule has 0 fully saturated rings. The van der Waals surface area contributed by atoms with E-state index >= 15 is 0 Å². The molecule has 1 aliphatic carbocycles. The Bertz CT molecular complexity index is 1210. The molecule has 0 nitrogen and oxygen atoms in total. The van der Waals surface area contributed by atoms with Gasteiger partial charge in [0.2, 0.25) is 0 Å². The number of unbranched alkanes of at least 4 members (excludes halogenated alkanes) is 3. The van der Waals surface area contributed by atoms with Gasteiger partial charge in [-0.3, -0.25) is 0 Å². The Morgan fingerprint density at radius 3 is 2.34 bits per heavy atom. The zero-order valence-corrected chi connectivity index (χ0v) is 17.2. The highest BCUT2D eigenvalue weighted by Crippen LogP contribution is 2.40. The van der Waals surface area contributed by atoms with E-state index in [2.05, 4.69) is 85.8 Å². The van der Waals surface area contributed by atoms with Crippen molar-refractivity contribution in [3.05, 3.63) is 89.5 Å². The van der Waals surface area contributed by atoms with Crippen molar-refractivity contribution in [2.24, 2.45) is 0 Å². The number of fused-ring (bicyclic) bond motifs is 4. The van der Waals surface area contributed by atoms with Crippen LogP contribution < -0.4 is 0 Å². The first kappa shape index (κ1) is 18.2. The third kappa shape index (κ3) is 3.38. The van der Waals surface area contributed by atoms with Crippen molar-refractivity contribution in [2.45, 2.75) is 45.4 Å². The minimum atomic E-state index is 1.13. The van der Waals surface area contributed by atoms with Crippen molar-refractivity contribution in [1.82, 2.24) is 0 Å². The van der Waals surface area contributed by atoms with Gasteiger partial charge in [0.05, 0.1) is 0 Å². The summed E-state index contributed by atoms with van der Waals surface area (Å²) >= 11 is 0. The van der Waals surface area contributed by atoms with E-state index < -0.39 is 0 Å². The van der Waals surface area contributed by atoms with E-state index in [0.717, 1.165) is 6.42 Å². The molecule has 1 aliphatic rings. The summed E-state index contributed by atoms with van der Waals surface area (Å²) in [6, 6.07) is 26.9. The lowest BCUT2D eigenvalue weighted by atomic mass is 9.90. The minimum absolute atomic E-state index is 1.13. The van der Waals surface area contributed by atoms with Gasteiger partial charge in [0.25, 0.3) is 0 Å². The Balaban J connectivity index is 1.62. The molecule has 144 valence electrons. The zero-order chi connectivity index (χ0) is 19.6. The van der Waals surface area contributed by atoms with Gasteiger partial charge in [0.1, 0.15) is 0 Å². The quantitative estimate of drug-likeness (QED) is 0.233. The zero-order valence-electron chi connectivity index (χ0n) is 17.2. The van der Waals surface area contributed by atoms with E-state index in [4.69, 9.17) is 0 Å². The van der Waals surface area contributed by atoms with Gasteiger partial charge < -0.3 is 0 Å². The Labute approximate surface area is 173 Å². The summed E-state index contributed by atoms with van der Waals surface area (Å²) in [6.07, 6.45) is 10.2. The molecule has 4 aromatic rings. The van der Waals surface area contributed by atoms with Crippen LogP contribution in [-0.2, 0) is 6.42 Å². The van der Waals surface area contributed by atoms with Crippen LogP contribution in [0, 0.1) is 0 Å². The third-order valence-corrected chi connectivity index (χ3v) is 6.37. The first-order valence-electron chi connectivity index (χ1n) is 11.1. The summed E-state index contributed by atoms with van der Waals surface area (Å²) < 4.78 is 0. The summed E-state index contributed by atoms with van der Waals surface area (Å²) in [7, 11) is 0. The predicted molar refractivity (Wildman–Crippen MR) is 127 cm³/mol. The lowest BCUT2D eigenvalue weighted by Gasteiger charge is -2.13. The summed E-state index contributed by atoms with van der Waals surface area (Å²) in [5.74, 6) is 0. The summed E-state index contributed by atoms with van der Waals surface area (Å²) in [5, 5.41) is 5.36. The van der Waals surface area contributed by atoms with Gasteiger partial charge in [-0.25, -0.2) is 0 Å². The lowest BCUT2D eigenvalue weighted by Crippen LogP contribution is -1.90. The highest BCUT2D eigenvalue weighted by molar-refractivity contribution is 6.14. The second-order valence-electron chi connectivity index (χ2n) is 8.36. The molecule has 0 aromatic heterocycles. The Morgan fingerprint density at radius 1 is 0.690 bits per heavy atom. The van der Waals surface area contributed by atoms with Gasteiger partial charge in [0.15, 0.2) is 0 Å². The molecule has 29 heavy (non-hydrogen) atoms. The van der Waals surface area contributed by atoms with Crippen molar-refractivity contribution in [3.63, 3.8) is 0 Å². The van der Waals surface area contributed by atoms with E-state index in [1.165, 1.54) is 75.9 Å². The van der Waals surface area contributed by atoms with Crippen LogP contribution in [0.1, 0.15) is 50.2 Å². The van der Waals surface area contributed by atoms with Crippen LogP contribution in [0.4, 0.5) is 0 Å². The van der Waals surface area contributed by atoms with Gasteiger partial charge in [-0.15, -0.1) is 0 Å². The third-order valence-electron chi connectivity index (χ3n) is 6.37. The summed E-state index contributed by atoms with van der Waals surface area (Å²) in [6.45, 7) is 2.28. The Kier molecular flexibility index (Phi) is 4.94. The largest absolute Gasteiger partial charge is 0.0654 e. The minimum Gasteiger partial charge on any atom is -0.0654 e. The maximum atomic E-state index is 2.49. The lowest BCUT2D eigenvalue weighted by molar-refractivity contribution is 0.662. The van der Waals surface area contributed by atoms with Crippen molar-refractivity contribution in [3.8, 4) is 11.1 Å². The number of rotatable bonds is 6. The van der Waals surface area contributed by atoms with Crippen LogP contribution in [0.3, 0.4) is 0 Å². The van der Waals surface area contributed by atoms with Gasteiger partial charge in [-0.05, 0) is 69.1 Å². The van der Waals surface area contributed by atoms with Crippen molar-refractivity contribution in [2.75, 3.05) is 0 Å². The summed E-state index contributed by atoms with van der Waals surface area (Å²) in [5.41, 5.74) is 7.28. The predicted octanol–water partition coefficient (Wildman–Crippen LogP) is 8.57. The SMILES string of the molecule is CCCCCCC1=Cc2c(cccc2-c2cc3ccccc3c3ccccc23)C1. The van der Waals surface area contributed by atoms with Crippen molar-refractivity contribution >= 4 is 27.6 Å². The average Bonchev–Trinajstić information content (AvgIpc) is 3.19. The van der Waals surface area contributed by atoms with Gasteiger partial charge in [0, 0.05) is 0 Å². The molecule has 0 atom stereocenters. The maximum absolute atomic E-state index is 2.49. The average molecular weight is 377 g/mol. The van der Waals surface area contributed by atoms with E-state index in [0.29, 0.717) is 0 Å². The molecule has 0 heteroatoms. The highest BCUT2D eigenvalue weighted by atomic mass is 14.2. The Morgan fingerprint density at radius 2 is 1.48 bits per heavy atom. The maximum Gasteiger partial charge on any atom is -0.00576 e. The fourth-order valence-corrected chi connectivity index (χ4v) is 4.89. The monoisotopic (exact) mass is 376 g/mol. The molecule has 0 saturated heterocycles. The Hall–Kier alpha value is -2.86. The molecule has 0 saturated carbocycles. The second-order valence-corrected chi connectivity index (χ2v) is 8.36. The van der Waals surface area contributed by atoms with Gasteiger partial charge in [-0.2, -0.15) is 0 Å².